The van der Waals surface area contributed by atoms with Gasteiger partial charge in [0.1, 0.15) is 17.9 Å². The molecule has 31 heavy (non-hydrogen) atoms. The molecule has 0 amide bonds. The fourth-order valence-electron chi connectivity index (χ4n) is 3.42. The fraction of sp³-hybridized carbons (Fsp3) is 0.0769. The van der Waals surface area contributed by atoms with Crippen LogP contribution in [0.15, 0.2) is 107 Å². The average molecular weight is 410 g/mol. The minimum atomic E-state index is -0.366. The van der Waals surface area contributed by atoms with Gasteiger partial charge in [-0.1, -0.05) is 84.0 Å². The Morgan fingerprint density at radius 3 is 2.13 bits per heavy atom. The summed E-state index contributed by atoms with van der Waals surface area (Å²) in [7, 11) is 0. The van der Waals surface area contributed by atoms with Crippen LogP contribution in [-0.2, 0) is 11.4 Å². The summed E-state index contributed by atoms with van der Waals surface area (Å²) in [5.41, 5.74) is 3.13. The molecule has 1 heterocycles. The first kappa shape index (κ1) is 20.2. The lowest BCUT2D eigenvalue weighted by molar-refractivity contribution is 0.130. The van der Waals surface area contributed by atoms with E-state index in [2.05, 4.69) is 5.16 Å². The number of pyridine rings is 1. The normalized spacial score (nSPS) is 11.3. The van der Waals surface area contributed by atoms with Crippen molar-refractivity contribution in [2.24, 2.45) is 5.16 Å². The zero-order valence-corrected chi connectivity index (χ0v) is 17.1. The van der Waals surface area contributed by atoms with Crippen LogP contribution >= 0.6 is 0 Å². The zero-order valence-electron chi connectivity index (χ0n) is 17.1. The monoisotopic (exact) mass is 410 g/mol. The van der Waals surface area contributed by atoms with E-state index < -0.39 is 0 Å². The van der Waals surface area contributed by atoms with E-state index in [-0.39, 0.29) is 23.5 Å². The molecule has 5 heteroatoms. The molecule has 0 saturated carbocycles. The van der Waals surface area contributed by atoms with Crippen LogP contribution in [0.5, 0.6) is 5.75 Å². The third-order valence-corrected chi connectivity index (χ3v) is 4.91. The summed E-state index contributed by atoms with van der Waals surface area (Å²) >= 11 is 0. The van der Waals surface area contributed by atoms with E-state index in [0.717, 1.165) is 11.1 Å². The van der Waals surface area contributed by atoms with Crippen molar-refractivity contribution >= 4 is 5.71 Å². The molecule has 154 valence electrons. The first-order chi connectivity index (χ1) is 15.1. The van der Waals surface area contributed by atoms with Crippen molar-refractivity contribution < 1.29 is 9.94 Å². The van der Waals surface area contributed by atoms with Crippen molar-refractivity contribution in [2.75, 3.05) is 0 Å². The highest BCUT2D eigenvalue weighted by atomic mass is 16.6. The van der Waals surface area contributed by atoms with Crippen LogP contribution in [0.4, 0.5) is 0 Å². The summed E-state index contributed by atoms with van der Waals surface area (Å²) in [5.74, 6) is -0.138. The van der Waals surface area contributed by atoms with Crippen molar-refractivity contribution in [3.8, 4) is 22.7 Å². The lowest BCUT2D eigenvalue weighted by Gasteiger charge is -2.16. The number of rotatable bonds is 6. The molecule has 0 aliphatic carbocycles. The Balaban J connectivity index is 1.79. The summed E-state index contributed by atoms with van der Waals surface area (Å²) in [5, 5.41) is 14.8. The molecule has 1 N–H and O–H groups in total. The van der Waals surface area contributed by atoms with Crippen LogP contribution < -0.4 is 5.56 Å². The van der Waals surface area contributed by atoms with Gasteiger partial charge >= 0.3 is 0 Å². The van der Waals surface area contributed by atoms with E-state index in [1.807, 2.05) is 91.0 Å². The number of para-hydroxylation sites is 1. The highest BCUT2D eigenvalue weighted by molar-refractivity contribution is 6.00. The Bertz CT molecular complexity index is 1250. The molecule has 0 bridgehead atoms. The summed E-state index contributed by atoms with van der Waals surface area (Å²) in [6.45, 7) is 1.92. The first-order valence-electron chi connectivity index (χ1n) is 9.96. The molecular weight excluding hydrogens is 388 g/mol. The number of oxime groups is 1. The highest BCUT2D eigenvalue weighted by Gasteiger charge is 2.19. The summed E-state index contributed by atoms with van der Waals surface area (Å²) < 4.78 is 1.58. The van der Waals surface area contributed by atoms with E-state index in [1.165, 1.54) is 0 Å². The largest absolute Gasteiger partial charge is 0.507 e. The van der Waals surface area contributed by atoms with Gasteiger partial charge in [0.25, 0.3) is 5.56 Å². The zero-order chi connectivity index (χ0) is 21.6. The maximum atomic E-state index is 13.5. The van der Waals surface area contributed by atoms with Gasteiger partial charge in [-0.15, -0.1) is 0 Å². The number of aromatic hydroxyl groups is 1. The Hall–Kier alpha value is -4.12. The molecule has 0 atom stereocenters. The fourth-order valence-corrected chi connectivity index (χ4v) is 3.42. The molecule has 3 aromatic carbocycles. The molecule has 4 aromatic rings. The number of aromatic nitrogens is 1. The van der Waals surface area contributed by atoms with E-state index in [1.54, 1.807) is 17.6 Å². The molecular formula is C26H22N2O3. The molecule has 0 aliphatic heterocycles. The molecule has 5 nitrogen and oxygen atoms in total. The Kier molecular flexibility index (Phi) is 5.94. The summed E-state index contributed by atoms with van der Waals surface area (Å²) in [6.07, 6.45) is 0. The maximum Gasteiger partial charge on any atom is 0.268 e. The van der Waals surface area contributed by atoms with Crippen LogP contribution in [0, 0.1) is 0 Å². The number of benzene rings is 3. The Morgan fingerprint density at radius 2 is 1.48 bits per heavy atom. The van der Waals surface area contributed by atoms with E-state index >= 15 is 0 Å². The van der Waals surface area contributed by atoms with Gasteiger partial charge in [-0.3, -0.25) is 9.36 Å². The lowest BCUT2D eigenvalue weighted by atomic mass is 10.1. The van der Waals surface area contributed by atoms with Gasteiger partial charge in [0.15, 0.2) is 0 Å². The van der Waals surface area contributed by atoms with Crippen molar-refractivity contribution in [2.45, 2.75) is 13.5 Å². The molecule has 1 aromatic heterocycles. The quantitative estimate of drug-likeness (QED) is 0.353. The van der Waals surface area contributed by atoms with Crippen LogP contribution in [0.1, 0.15) is 18.1 Å². The van der Waals surface area contributed by atoms with Gasteiger partial charge in [0, 0.05) is 11.8 Å². The number of nitrogens with zero attached hydrogens (tertiary/aromatic N) is 2. The minimum Gasteiger partial charge on any atom is -0.507 e. The Labute approximate surface area is 180 Å². The average Bonchev–Trinajstić information content (AvgIpc) is 2.80. The van der Waals surface area contributed by atoms with Gasteiger partial charge in [0.05, 0.1) is 11.4 Å². The molecule has 0 radical (unpaired) electrons. The lowest BCUT2D eigenvalue weighted by Crippen LogP contribution is -2.26. The predicted octanol–water partition coefficient (Wildman–Crippen LogP) is 5.15. The van der Waals surface area contributed by atoms with Crippen LogP contribution in [-0.4, -0.2) is 15.4 Å². The van der Waals surface area contributed by atoms with Gasteiger partial charge in [-0.05, 0) is 30.2 Å². The van der Waals surface area contributed by atoms with E-state index in [4.69, 9.17) is 4.84 Å². The smallest absolute Gasteiger partial charge is 0.268 e. The van der Waals surface area contributed by atoms with Gasteiger partial charge in [0.2, 0.25) is 0 Å². The minimum absolute atomic E-state index is 0.108. The molecule has 0 spiro atoms. The van der Waals surface area contributed by atoms with Crippen LogP contribution in [0.2, 0.25) is 0 Å². The van der Waals surface area contributed by atoms with Crippen LogP contribution in [0.25, 0.3) is 16.9 Å². The SMILES string of the molecule is CC(=NOCc1ccccc1)c1c(O)cc(-c2ccccc2)n(-c2ccccc2)c1=O. The van der Waals surface area contributed by atoms with Crippen molar-refractivity contribution in [1.29, 1.82) is 0 Å². The molecule has 0 saturated heterocycles. The molecule has 0 unspecified atom stereocenters. The van der Waals surface area contributed by atoms with Crippen molar-refractivity contribution in [1.82, 2.24) is 4.57 Å². The van der Waals surface area contributed by atoms with Gasteiger partial charge < -0.3 is 9.94 Å². The van der Waals surface area contributed by atoms with Gasteiger partial charge in [-0.25, -0.2) is 0 Å². The highest BCUT2D eigenvalue weighted by Crippen LogP contribution is 2.27. The number of hydrogen-bond acceptors (Lipinski definition) is 4. The summed E-state index contributed by atoms with van der Waals surface area (Å²) in [4.78, 5) is 19.0. The summed E-state index contributed by atoms with van der Waals surface area (Å²) in [6, 6.07) is 30.0. The molecule has 4 rings (SSSR count). The van der Waals surface area contributed by atoms with Crippen molar-refractivity contribution in [3.05, 3.63) is 119 Å². The predicted molar refractivity (Wildman–Crippen MR) is 123 cm³/mol. The maximum absolute atomic E-state index is 13.5. The molecule has 0 fully saturated rings. The first-order valence-corrected chi connectivity index (χ1v) is 9.96. The third kappa shape index (κ3) is 4.41. The molecule has 0 aliphatic rings. The third-order valence-electron chi connectivity index (χ3n) is 4.91. The topological polar surface area (TPSA) is 63.8 Å². The van der Waals surface area contributed by atoms with E-state index in [9.17, 15) is 9.90 Å². The second-order valence-electron chi connectivity index (χ2n) is 7.07. The second-order valence-corrected chi connectivity index (χ2v) is 7.07. The second kappa shape index (κ2) is 9.13. The standard InChI is InChI=1S/C26H22N2O3/c1-19(27-31-18-20-11-5-2-6-12-20)25-24(29)17-23(21-13-7-3-8-14-21)28(26(25)30)22-15-9-4-10-16-22/h2-17,29H,18H2,1H3. The van der Waals surface area contributed by atoms with E-state index in [0.29, 0.717) is 17.1 Å². The van der Waals surface area contributed by atoms with Crippen molar-refractivity contribution in [3.63, 3.8) is 0 Å². The van der Waals surface area contributed by atoms with Gasteiger partial charge in [-0.2, -0.15) is 0 Å². The Morgan fingerprint density at radius 1 is 0.903 bits per heavy atom. The van der Waals surface area contributed by atoms with Crippen LogP contribution in [0.3, 0.4) is 0 Å². The number of hydrogen-bond donors (Lipinski definition) is 1.